The molecule has 1 amide bonds. The minimum atomic E-state index is -0.431. The molecule has 0 saturated carbocycles. The maximum Gasteiger partial charge on any atom is 0.407 e. The van der Waals surface area contributed by atoms with Crippen LogP contribution >= 0.6 is 0 Å². The zero-order chi connectivity index (χ0) is 13.4. The number of amides is 1. The number of aromatic nitrogens is 1. The van der Waals surface area contributed by atoms with Crippen LogP contribution in [0.4, 0.5) is 4.79 Å². The molecule has 1 N–H and O–H groups in total. The maximum absolute atomic E-state index is 11.3. The molecule has 0 fully saturated rings. The first kappa shape index (κ1) is 14.5. The van der Waals surface area contributed by atoms with Gasteiger partial charge in [0.2, 0.25) is 0 Å². The van der Waals surface area contributed by atoms with Gasteiger partial charge in [0, 0.05) is 18.9 Å². The topological polar surface area (TPSA) is 51.2 Å². The Hall–Kier alpha value is -1.58. The van der Waals surface area contributed by atoms with Crippen LogP contribution in [-0.2, 0) is 11.2 Å². The fourth-order valence-corrected chi connectivity index (χ4v) is 1.50. The van der Waals surface area contributed by atoms with E-state index in [2.05, 4.69) is 16.4 Å². The maximum atomic E-state index is 11.3. The van der Waals surface area contributed by atoms with E-state index in [-0.39, 0.29) is 6.09 Å². The molecule has 4 heteroatoms. The van der Waals surface area contributed by atoms with Crippen molar-refractivity contribution in [2.24, 2.45) is 0 Å². The summed E-state index contributed by atoms with van der Waals surface area (Å²) in [5.74, 6) is 0. The van der Waals surface area contributed by atoms with Gasteiger partial charge in [-0.3, -0.25) is 4.98 Å². The molecule has 1 heterocycles. The Bertz CT molecular complexity index is 358. The van der Waals surface area contributed by atoms with Gasteiger partial charge in [-0.25, -0.2) is 4.79 Å². The largest absolute Gasteiger partial charge is 0.444 e. The van der Waals surface area contributed by atoms with Gasteiger partial charge >= 0.3 is 6.09 Å². The normalized spacial score (nSPS) is 11.1. The lowest BCUT2D eigenvalue weighted by Gasteiger charge is -2.19. The van der Waals surface area contributed by atoms with Gasteiger partial charge < -0.3 is 10.1 Å². The second-order valence-corrected chi connectivity index (χ2v) is 5.25. The number of carbonyl (C=O) groups is 1. The molecular weight excluding hydrogens is 228 g/mol. The number of alkyl carbamates (subject to hydrolysis) is 1. The predicted molar refractivity (Wildman–Crippen MR) is 71.4 cm³/mol. The van der Waals surface area contributed by atoms with Crippen LogP contribution in [0.3, 0.4) is 0 Å². The summed E-state index contributed by atoms with van der Waals surface area (Å²) in [7, 11) is 0. The zero-order valence-electron chi connectivity index (χ0n) is 11.4. The number of carbonyl (C=O) groups excluding carboxylic acids is 1. The molecule has 1 rings (SSSR count). The third-order valence-corrected chi connectivity index (χ3v) is 2.28. The lowest BCUT2D eigenvalue weighted by Crippen LogP contribution is -2.33. The number of aryl methyl sites for hydroxylation is 1. The molecule has 18 heavy (non-hydrogen) atoms. The average molecular weight is 250 g/mol. The highest BCUT2D eigenvalue weighted by Crippen LogP contribution is 2.06. The van der Waals surface area contributed by atoms with Crippen LogP contribution in [0.25, 0.3) is 0 Å². The molecule has 1 aromatic rings. The quantitative estimate of drug-likeness (QED) is 0.817. The Morgan fingerprint density at radius 3 is 2.78 bits per heavy atom. The van der Waals surface area contributed by atoms with E-state index < -0.39 is 5.60 Å². The minimum absolute atomic E-state index is 0.344. The van der Waals surface area contributed by atoms with E-state index in [1.54, 1.807) is 6.20 Å². The number of hydrogen-bond acceptors (Lipinski definition) is 3. The molecular formula is C14H22N2O2. The summed E-state index contributed by atoms with van der Waals surface area (Å²) in [6, 6.07) is 4.00. The van der Waals surface area contributed by atoms with Gasteiger partial charge in [-0.1, -0.05) is 6.07 Å². The highest BCUT2D eigenvalue weighted by atomic mass is 16.6. The summed E-state index contributed by atoms with van der Waals surface area (Å²) in [6.07, 6.45) is 6.26. The second kappa shape index (κ2) is 6.99. The molecule has 1 aromatic heterocycles. The number of hydrogen-bond donors (Lipinski definition) is 1. The van der Waals surface area contributed by atoms with E-state index >= 15 is 0 Å². The van der Waals surface area contributed by atoms with Crippen molar-refractivity contribution < 1.29 is 9.53 Å². The molecule has 0 aliphatic carbocycles. The van der Waals surface area contributed by atoms with Crippen LogP contribution in [0.2, 0.25) is 0 Å². The Kier molecular flexibility index (Phi) is 5.62. The standard InChI is InChI=1S/C14H22N2O2/c1-14(2,3)18-13(17)16-10-5-4-7-12-8-6-9-15-11-12/h6,8-9,11H,4-5,7,10H2,1-3H3,(H,16,17). The van der Waals surface area contributed by atoms with Crippen molar-refractivity contribution in [3.05, 3.63) is 30.1 Å². The van der Waals surface area contributed by atoms with Gasteiger partial charge in [-0.2, -0.15) is 0 Å². The van der Waals surface area contributed by atoms with Crippen LogP contribution in [0.1, 0.15) is 39.2 Å². The molecule has 0 saturated heterocycles. The van der Waals surface area contributed by atoms with E-state index in [0.717, 1.165) is 19.3 Å². The highest BCUT2D eigenvalue weighted by Gasteiger charge is 2.15. The molecule has 0 radical (unpaired) electrons. The Labute approximate surface area is 109 Å². The van der Waals surface area contributed by atoms with Crippen molar-refractivity contribution in [2.45, 2.75) is 45.6 Å². The summed E-state index contributed by atoms with van der Waals surface area (Å²) < 4.78 is 5.14. The first-order chi connectivity index (χ1) is 8.47. The molecule has 0 unspecified atom stereocenters. The van der Waals surface area contributed by atoms with Crippen LogP contribution in [0.5, 0.6) is 0 Å². The lowest BCUT2D eigenvalue weighted by atomic mass is 10.1. The molecule has 4 nitrogen and oxygen atoms in total. The van der Waals surface area contributed by atoms with Gasteiger partial charge in [-0.05, 0) is 51.7 Å². The molecule has 0 aromatic carbocycles. The Morgan fingerprint density at radius 2 is 2.17 bits per heavy atom. The second-order valence-electron chi connectivity index (χ2n) is 5.25. The minimum Gasteiger partial charge on any atom is -0.444 e. The molecule has 0 atom stereocenters. The van der Waals surface area contributed by atoms with Crippen molar-refractivity contribution >= 4 is 6.09 Å². The van der Waals surface area contributed by atoms with E-state index in [9.17, 15) is 4.79 Å². The smallest absolute Gasteiger partial charge is 0.407 e. The molecule has 0 spiro atoms. The summed E-state index contributed by atoms with van der Waals surface area (Å²) in [5.41, 5.74) is 0.801. The van der Waals surface area contributed by atoms with Gasteiger partial charge in [-0.15, -0.1) is 0 Å². The molecule has 100 valence electrons. The van der Waals surface area contributed by atoms with Crippen molar-refractivity contribution in [1.29, 1.82) is 0 Å². The summed E-state index contributed by atoms with van der Waals surface area (Å²) >= 11 is 0. The first-order valence-corrected chi connectivity index (χ1v) is 6.33. The van der Waals surface area contributed by atoms with Crippen molar-refractivity contribution in [3.63, 3.8) is 0 Å². The number of unbranched alkanes of at least 4 members (excludes halogenated alkanes) is 1. The van der Waals surface area contributed by atoms with E-state index in [1.807, 2.05) is 33.0 Å². The lowest BCUT2D eigenvalue weighted by molar-refractivity contribution is 0.0527. The fraction of sp³-hybridized carbons (Fsp3) is 0.571. The monoisotopic (exact) mass is 250 g/mol. The fourth-order valence-electron chi connectivity index (χ4n) is 1.50. The molecule has 0 aliphatic heterocycles. The number of nitrogens with zero attached hydrogens (tertiary/aromatic N) is 1. The van der Waals surface area contributed by atoms with E-state index in [1.165, 1.54) is 5.56 Å². The number of rotatable bonds is 5. The Morgan fingerprint density at radius 1 is 1.39 bits per heavy atom. The average Bonchev–Trinajstić information content (AvgIpc) is 2.27. The Balaban J connectivity index is 2.07. The number of nitrogens with one attached hydrogen (secondary N) is 1. The van der Waals surface area contributed by atoms with Crippen molar-refractivity contribution in [2.75, 3.05) is 6.54 Å². The number of pyridine rings is 1. The van der Waals surface area contributed by atoms with Crippen LogP contribution in [0, 0.1) is 0 Å². The highest BCUT2D eigenvalue weighted by molar-refractivity contribution is 5.67. The molecule has 0 bridgehead atoms. The van der Waals surface area contributed by atoms with Gasteiger partial charge in [0.05, 0.1) is 0 Å². The first-order valence-electron chi connectivity index (χ1n) is 6.33. The zero-order valence-corrected chi connectivity index (χ0v) is 11.4. The summed E-state index contributed by atoms with van der Waals surface area (Å²) in [6.45, 7) is 6.22. The van der Waals surface area contributed by atoms with Gasteiger partial charge in [0.1, 0.15) is 5.60 Å². The third-order valence-electron chi connectivity index (χ3n) is 2.28. The van der Waals surface area contributed by atoms with Crippen LogP contribution in [-0.4, -0.2) is 23.2 Å². The third kappa shape index (κ3) is 6.89. The van der Waals surface area contributed by atoms with Gasteiger partial charge in [0.15, 0.2) is 0 Å². The van der Waals surface area contributed by atoms with Crippen molar-refractivity contribution in [3.8, 4) is 0 Å². The van der Waals surface area contributed by atoms with E-state index in [4.69, 9.17) is 4.74 Å². The predicted octanol–water partition coefficient (Wildman–Crippen LogP) is 2.93. The van der Waals surface area contributed by atoms with Crippen LogP contribution in [0.15, 0.2) is 24.5 Å². The van der Waals surface area contributed by atoms with Crippen molar-refractivity contribution in [1.82, 2.24) is 10.3 Å². The summed E-state index contributed by atoms with van der Waals surface area (Å²) in [5, 5.41) is 2.75. The number of ether oxygens (including phenoxy) is 1. The molecule has 0 aliphatic rings. The SMILES string of the molecule is CC(C)(C)OC(=O)NCCCCc1cccnc1. The van der Waals surface area contributed by atoms with E-state index in [0.29, 0.717) is 6.54 Å². The summed E-state index contributed by atoms with van der Waals surface area (Å²) in [4.78, 5) is 15.4. The van der Waals surface area contributed by atoms with Crippen LogP contribution < -0.4 is 5.32 Å². The van der Waals surface area contributed by atoms with Gasteiger partial charge in [0.25, 0.3) is 0 Å².